The van der Waals surface area contributed by atoms with Gasteiger partial charge in [-0.2, -0.15) is 18.1 Å². The van der Waals surface area contributed by atoms with Crippen LogP contribution >= 0.6 is 0 Å². The average Bonchev–Trinajstić information content (AvgIpc) is 2.35. The molecule has 0 aliphatic carbocycles. The first-order chi connectivity index (χ1) is 10.0. The molecule has 1 atom stereocenters. The van der Waals surface area contributed by atoms with Crippen molar-refractivity contribution >= 4 is 6.09 Å². The maximum absolute atomic E-state index is 12.7. The third-order valence-corrected chi connectivity index (χ3v) is 2.56. The molecule has 1 amide bonds. The summed E-state index contributed by atoms with van der Waals surface area (Å²) in [5.41, 5.74) is -1.51. The van der Waals surface area contributed by atoms with Crippen LogP contribution < -0.4 is 5.32 Å². The van der Waals surface area contributed by atoms with E-state index in [2.05, 4.69) is 10.5 Å². The zero-order chi connectivity index (χ0) is 17.0. The van der Waals surface area contributed by atoms with Gasteiger partial charge in [-0.3, -0.25) is 0 Å². The Hall–Kier alpha value is -2.12. The lowest BCUT2D eigenvalue weighted by molar-refractivity contribution is -0.137. The largest absolute Gasteiger partial charge is 0.444 e. The Labute approximate surface area is 125 Å². The molecule has 1 aromatic rings. The first-order valence-corrected chi connectivity index (χ1v) is 6.49. The number of nitrogens with zero attached hydrogens (tertiary/aromatic N) is 1. The Morgan fingerprint density at radius 2 is 1.95 bits per heavy atom. The first-order valence-electron chi connectivity index (χ1n) is 6.49. The van der Waals surface area contributed by atoms with Crippen molar-refractivity contribution in [3.05, 3.63) is 40.3 Å². The van der Waals surface area contributed by atoms with Gasteiger partial charge in [0.05, 0.1) is 11.6 Å². The number of amides is 1. The molecule has 0 saturated heterocycles. The maximum Gasteiger partial charge on any atom is 0.416 e. The van der Waals surface area contributed by atoms with Crippen LogP contribution in [0.4, 0.5) is 18.0 Å². The van der Waals surface area contributed by atoms with Crippen molar-refractivity contribution in [1.82, 2.24) is 5.32 Å². The molecule has 8 heteroatoms. The predicted octanol–water partition coefficient (Wildman–Crippen LogP) is 4.04. The molecule has 1 N–H and O–H groups in total. The highest BCUT2D eigenvalue weighted by atomic mass is 19.4. The van der Waals surface area contributed by atoms with Crippen LogP contribution in [0.25, 0.3) is 0 Å². The van der Waals surface area contributed by atoms with Crippen molar-refractivity contribution in [2.45, 2.75) is 38.6 Å². The minimum Gasteiger partial charge on any atom is -0.444 e. The van der Waals surface area contributed by atoms with Gasteiger partial charge in [-0.1, -0.05) is 17.3 Å². The molecule has 1 aromatic carbocycles. The van der Waals surface area contributed by atoms with Crippen molar-refractivity contribution < 1.29 is 22.7 Å². The molecule has 122 valence electrons. The molecule has 0 fully saturated rings. The number of hydrogen-bond donors (Lipinski definition) is 1. The zero-order valence-electron chi connectivity index (χ0n) is 12.4. The number of carbonyl (C=O) groups excluding carboxylic acids is 1. The molecule has 0 bridgehead atoms. The smallest absolute Gasteiger partial charge is 0.416 e. The summed E-state index contributed by atoms with van der Waals surface area (Å²) in [6.45, 7) is 4.53. The number of nitroso groups, excluding NO2 is 1. The number of halogens is 3. The Bertz CT molecular complexity index is 539. The van der Waals surface area contributed by atoms with Gasteiger partial charge in [0.25, 0.3) is 0 Å². The van der Waals surface area contributed by atoms with E-state index in [9.17, 15) is 22.9 Å². The van der Waals surface area contributed by atoms with Gasteiger partial charge in [-0.15, -0.1) is 0 Å². The number of ether oxygens (including phenoxy) is 1. The summed E-state index contributed by atoms with van der Waals surface area (Å²) in [5, 5.41) is 5.00. The zero-order valence-corrected chi connectivity index (χ0v) is 12.4. The molecular formula is C14H17F3N2O3. The number of alkyl halides is 3. The van der Waals surface area contributed by atoms with Crippen LogP contribution in [0.3, 0.4) is 0 Å². The van der Waals surface area contributed by atoms with Crippen molar-refractivity contribution in [2.24, 2.45) is 5.18 Å². The van der Waals surface area contributed by atoms with Gasteiger partial charge >= 0.3 is 12.3 Å². The molecule has 0 saturated carbocycles. The molecule has 0 aliphatic heterocycles. The molecule has 0 heterocycles. The number of benzene rings is 1. The molecule has 5 nitrogen and oxygen atoms in total. The summed E-state index contributed by atoms with van der Waals surface area (Å²) < 4.78 is 43.1. The Kier molecular flexibility index (Phi) is 5.51. The quantitative estimate of drug-likeness (QED) is 0.852. The van der Waals surface area contributed by atoms with Crippen molar-refractivity contribution in [3.63, 3.8) is 0 Å². The minimum atomic E-state index is -4.51. The van der Waals surface area contributed by atoms with E-state index < -0.39 is 36.0 Å². The third-order valence-electron chi connectivity index (χ3n) is 2.56. The number of carbonyl (C=O) groups is 1. The summed E-state index contributed by atoms with van der Waals surface area (Å²) in [5.74, 6) is 0. The fourth-order valence-electron chi connectivity index (χ4n) is 1.69. The van der Waals surface area contributed by atoms with E-state index in [1.54, 1.807) is 20.8 Å². The van der Waals surface area contributed by atoms with Crippen LogP contribution in [0, 0.1) is 4.91 Å². The van der Waals surface area contributed by atoms with Gasteiger partial charge in [-0.05, 0) is 38.5 Å². The van der Waals surface area contributed by atoms with Crippen LogP contribution in [0.1, 0.15) is 37.9 Å². The Morgan fingerprint density at radius 3 is 2.45 bits per heavy atom. The minimum absolute atomic E-state index is 0.125. The lowest BCUT2D eigenvalue weighted by atomic mass is 10.0. The summed E-state index contributed by atoms with van der Waals surface area (Å²) in [4.78, 5) is 22.2. The molecule has 1 unspecified atom stereocenters. The van der Waals surface area contributed by atoms with E-state index in [4.69, 9.17) is 4.74 Å². The average molecular weight is 318 g/mol. The Balaban J connectivity index is 2.96. The summed E-state index contributed by atoms with van der Waals surface area (Å²) in [7, 11) is 0. The molecule has 0 aromatic heterocycles. The maximum atomic E-state index is 12.7. The highest BCUT2D eigenvalue weighted by molar-refractivity contribution is 5.68. The van der Waals surface area contributed by atoms with E-state index >= 15 is 0 Å². The van der Waals surface area contributed by atoms with Crippen LogP contribution in [0.2, 0.25) is 0 Å². The monoisotopic (exact) mass is 318 g/mol. The standard InChI is InChI=1S/C14H17F3N2O3/c1-13(2,3)22-12(20)19-11(8-18-21)9-5-4-6-10(7-9)14(15,16)17/h4-7,11H,8H2,1-3H3,(H,19,20). The predicted molar refractivity (Wildman–Crippen MR) is 74.2 cm³/mol. The second kappa shape index (κ2) is 6.76. The third kappa shape index (κ3) is 5.71. The van der Waals surface area contributed by atoms with Gasteiger partial charge in [0.15, 0.2) is 0 Å². The Morgan fingerprint density at radius 1 is 1.32 bits per heavy atom. The fraction of sp³-hybridized carbons (Fsp3) is 0.500. The lowest BCUT2D eigenvalue weighted by Gasteiger charge is -2.23. The molecule has 22 heavy (non-hydrogen) atoms. The highest BCUT2D eigenvalue weighted by Gasteiger charge is 2.31. The van der Waals surface area contributed by atoms with E-state index in [0.29, 0.717) is 0 Å². The van der Waals surface area contributed by atoms with E-state index in [1.807, 2.05) is 0 Å². The second-order valence-corrected chi connectivity index (χ2v) is 5.63. The van der Waals surface area contributed by atoms with E-state index in [0.717, 1.165) is 12.1 Å². The molecule has 0 spiro atoms. The van der Waals surface area contributed by atoms with Gasteiger partial charge in [0.1, 0.15) is 12.1 Å². The SMILES string of the molecule is CC(C)(C)OC(=O)NC(CN=O)c1cccc(C(F)(F)F)c1. The van der Waals surface area contributed by atoms with Crippen LogP contribution in [-0.2, 0) is 10.9 Å². The van der Waals surface area contributed by atoms with Crippen LogP contribution in [0.5, 0.6) is 0 Å². The summed E-state index contributed by atoms with van der Waals surface area (Å²) in [6, 6.07) is 3.36. The number of hydrogen-bond acceptors (Lipinski definition) is 4. The lowest BCUT2D eigenvalue weighted by Crippen LogP contribution is -2.36. The van der Waals surface area contributed by atoms with Crippen molar-refractivity contribution in [3.8, 4) is 0 Å². The van der Waals surface area contributed by atoms with Crippen LogP contribution in [-0.4, -0.2) is 18.2 Å². The van der Waals surface area contributed by atoms with Gasteiger partial charge < -0.3 is 10.1 Å². The molecule has 1 rings (SSSR count). The summed E-state index contributed by atoms with van der Waals surface area (Å²) in [6.07, 6.45) is -5.35. The normalized spacial score (nSPS) is 13.4. The molecule has 0 aliphatic rings. The second-order valence-electron chi connectivity index (χ2n) is 5.63. The number of alkyl carbamates (subject to hydrolysis) is 1. The van der Waals surface area contributed by atoms with E-state index in [-0.39, 0.29) is 5.56 Å². The van der Waals surface area contributed by atoms with Crippen LogP contribution in [0.15, 0.2) is 29.4 Å². The van der Waals surface area contributed by atoms with Crippen molar-refractivity contribution in [1.29, 1.82) is 0 Å². The summed E-state index contributed by atoms with van der Waals surface area (Å²) >= 11 is 0. The van der Waals surface area contributed by atoms with E-state index in [1.165, 1.54) is 12.1 Å². The molecular weight excluding hydrogens is 301 g/mol. The van der Waals surface area contributed by atoms with Gasteiger partial charge in [0, 0.05) is 0 Å². The number of rotatable bonds is 4. The fourth-order valence-corrected chi connectivity index (χ4v) is 1.69. The number of nitrogens with one attached hydrogen (secondary N) is 1. The highest BCUT2D eigenvalue weighted by Crippen LogP contribution is 2.30. The van der Waals surface area contributed by atoms with Crippen molar-refractivity contribution in [2.75, 3.05) is 6.54 Å². The molecule has 0 radical (unpaired) electrons. The topological polar surface area (TPSA) is 67.8 Å². The first kappa shape index (κ1) is 17.9. The van der Waals surface area contributed by atoms with Gasteiger partial charge in [-0.25, -0.2) is 4.79 Å². The van der Waals surface area contributed by atoms with Gasteiger partial charge in [0.2, 0.25) is 0 Å².